The first-order valence-electron chi connectivity index (χ1n) is 4.41. The van der Waals surface area contributed by atoms with Crippen LogP contribution in [0.3, 0.4) is 0 Å². The first kappa shape index (κ1) is 7.35. The van der Waals surface area contributed by atoms with E-state index in [1.807, 2.05) is 0 Å². The normalized spacial score (nSPS) is 40.4. The molecule has 1 nitrogen and oxygen atoms in total. The van der Waals surface area contributed by atoms with E-state index in [9.17, 15) is 5.11 Å². The fourth-order valence-electron chi connectivity index (χ4n) is 2.57. The van der Waals surface area contributed by atoms with Gasteiger partial charge in [-0.1, -0.05) is 19.4 Å². The molecule has 0 spiro atoms. The highest BCUT2D eigenvalue weighted by Gasteiger charge is 2.49. The molecular weight excluding hydrogens is 136 g/mol. The van der Waals surface area contributed by atoms with Crippen LogP contribution in [0.15, 0.2) is 11.1 Å². The van der Waals surface area contributed by atoms with Crippen molar-refractivity contribution in [3.05, 3.63) is 11.1 Å². The summed E-state index contributed by atoms with van der Waals surface area (Å²) in [6.45, 7) is 6.68. The van der Waals surface area contributed by atoms with Gasteiger partial charge in [-0.15, -0.1) is 0 Å². The molecule has 3 rings (SSSR count). The zero-order valence-electron chi connectivity index (χ0n) is 7.52. The Balaban J connectivity index is 2.40. The lowest BCUT2D eigenvalue weighted by Crippen LogP contribution is -2.45. The third-order valence-electron chi connectivity index (χ3n) is 3.73. The molecule has 1 heteroatoms. The summed E-state index contributed by atoms with van der Waals surface area (Å²) < 4.78 is 0. The van der Waals surface area contributed by atoms with Crippen LogP contribution in [-0.4, -0.2) is 11.2 Å². The third kappa shape index (κ3) is 0.750. The van der Waals surface area contributed by atoms with Crippen LogP contribution in [0.1, 0.15) is 33.6 Å². The van der Waals surface area contributed by atoms with Gasteiger partial charge in [-0.3, -0.25) is 0 Å². The van der Waals surface area contributed by atoms with Crippen molar-refractivity contribution in [2.24, 2.45) is 11.3 Å². The van der Waals surface area contributed by atoms with E-state index in [1.165, 1.54) is 17.6 Å². The number of rotatable bonds is 0. The Morgan fingerprint density at radius 2 is 2.09 bits per heavy atom. The van der Waals surface area contributed by atoms with Crippen LogP contribution in [0.25, 0.3) is 0 Å². The lowest BCUT2D eigenvalue weighted by molar-refractivity contribution is 0.0555. The van der Waals surface area contributed by atoms with Gasteiger partial charge in [0, 0.05) is 0 Å². The number of aliphatic hydroxyl groups excluding tert-OH is 1. The SMILES string of the molecule is CC1=C2C[C@@H](C[C@@H]1O)C2(C)C. The van der Waals surface area contributed by atoms with Crippen molar-refractivity contribution in [2.45, 2.75) is 39.7 Å². The van der Waals surface area contributed by atoms with Crippen molar-refractivity contribution in [3.63, 3.8) is 0 Å². The van der Waals surface area contributed by atoms with Crippen LogP contribution in [-0.2, 0) is 0 Å². The van der Waals surface area contributed by atoms with Crippen LogP contribution >= 0.6 is 0 Å². The zero-order valence-corrected chi connectivity index (χ0v) is 7.52. The topological polar surface area (TPSA) is 20.2 Å². The number of aliphatic hydroxyl groups is 1. The van der Waals surface area contributed by atoms with Gasteiger partial charge in [0.05, 0.1) is 6.10 Å². The van der Waals surface area contributed by atoms with E-state index < -0.39 is 0 Å². The highest BCUT2D eigenvalue weighted by molar-refractivity contribution is 5.35. The van der Waals surface area contributed by atoms with Crippen molar-refractivity contribution in [3.8, 4) is 0 Å². The van der Waals surface area contributed by atoms with Crippen molar-refractivity contribution < 1.29 is 5.11 Å². The number of hydrogen-bond donors (Lipinski definition) is 1. The Morgan fingerprint density at radius 3 is 2.45 bits per heavy atom. The smallest absolute Gasteiger partial charge is 0.0753 e. The molecule has 0 radical (unpaired) electrons. The average molecular weight is 152 g/mol. The zero-order chi connectivity index (χ0) is 8.22. The molecule has 0 amide bonds. The minimum atomic E-state index is -0.128. The monoisotopic (exact) mass is 152 g/mol. The second-order valence-corrected chi connectivity index (χ2v) is 4.54. The molecule has 2 atom stereocenters. The predicted octanol–water partition coefficient (Wildman–Crippen LogP) is 2.11. The lowest BCUT2D eigenvalue weighted by Gasteiger charge is -2.54. The van der Waals surface area contributed by atoms with E-state index >= 15 is 0 Å². The van der Waals surface area contributed by atoms with Crippen LogP contribution in [0, 0.1) is 11.3 Å². The number of fused-ring (bicyclic) bond motifs is 2. The molecule has 3 aliphatic carbocycles. The fraction of sp³-hybridized carbons (Fsp3) is 0.800. The summed E-state index contributed by atoms with van der Waals surface area (Å²) in [6, 6.07) is 0. The third-order valence-corrected chi connectivity index (χ3v) is 3.73. The van der Waals surface area contributed by atoms with Crippen LogP contribution in [0.5, 0.6) is 0 Å². The maximum absolute atomic E-state index is 9.55. The van der Waals surface area contributed by atoms with E-state index in [2.05, 4.69) is 20.8 Å². The molecule has 11 heavy (non-hydrogen) atoms. The first-order chi connectivity index (χ1) is 5.03. The Kier molecular flexibility index (Phi) is 1.26. The minimum Gasteiger partial charge on any atom is -0.389 e. The summed E-state index contributed by atoms with van der Waals surface area (Å²) in [6.07, 6.45) is 2.11. The molecule has 0 aromatic heterocycles. The van der Waals surface area contributed by atoms with Gasteiger partial charge in [-0.05, 0) is 36.7 Å². The van der Waals surface area contributed by atoms with Gasteiger partial charge in [-0.25, -0.2) is 0 Å². The van der Waals surface area contributed by atoms with Gasteiger partial charge < -0.3 is 5.11 Å². The molecule has 0 aromatic carbocycles. The van der Waals surface area contributed by atoms with Crippen LogP contribution in [0.2, 0.25) is 0 Å². The Bertz CT molecular complexity index is 225. The lowest BCUT2D eigenvalue weighted by atomic mass is 9.52. The standard InChI is InChI=1S/C10H16O/c1-6-8-4-7(5-9(6)11)10(8,2)3/h7,9,11H,4-5H2,1-3H3/t7-,9-/m0/s1. The number of allylic oxidation sites excluding steroid dienone is 1. The van der Waals surface area contributed by atoms with Gasteiger partial charge in [0.15, 0.2) is 0 Å². The first-order valence-corrected chi connectivity index (χ1v) is 4.41. The van der Waals surface area contributed by atoms with Gasteiger partial charge in [0.25, 0.3) is 0 Å². The van der Waals surface area contributed by atoms with Crippen LogP contribution in [0.4, 0.5) is 0 Å². The quantitative estimate of drug-likeness (QED) is 0.527. The van der Waals surface area contributed by atoms with Crippen molar-refractivity contribution in [1.29, 1.82) is 0 Å². The van der Waals surface area contributed by atoms with Gasteiger partial charge >= 0.3 is 0 Å². The second kappa shape index (κ2) is 1.89. The number of hydrogen-bond acceptors (Lipinski definition) is 1. The molecule has 1 fully saturated rings. The van der Waals surface area contributed by atoms with Gasteiger partial charge in [-0.2, -0.15) is 0 Å². The average Bonchev–Trinajstić information content (AvgIpc) is 1.93. The van der Waals surface area contributed by atoms with Crippen molar-refractivity contribution in [2.75, 3.05) is 0 Å². The Hall–Kier alpha value is -0.300. The van der Waals surface area contributed by atoms with E-state index in [4.69, 9.17) is 0 Å². The van der Waals surface area contributed by atoms with Crippen molar-refractivity contribution in [1.82, 2.24) is 0 Å². The Labute approximate surface area is 68.1 Å². The molecular formula is C10H16O. The van der Waals surface area contributed by atoms with E-state index in [-0.39, 0.29) is 6.10 Å². The van der Waals surface area contributed by atoms with E-state index in [0.717, 1.165) is 12.3 Å². The maximum Gasteiger partial charge on any atom is 0.0753 e. The summed E-state index contributed by atoms with van der Waals surface area (Å²) in [7, 11) is 0. The molecule has 1 saturated carbocycles. The molecule has 0 saturated heterocycles. The highest BCUT2D eigenvalue weighted by Crippen LogP contribution is 2.58. The molecule has 0 aliphatic heterocycles. The maximum atomic E-state index is 9.55. The fourth-order valence-corrected chi connectivity index (χ4v) is 2.57. The summed E-state index contributed by atoms with van der Waals surface area (Å²) in [5.41, 5.74) is 3.17. The summed E-state index contributed by atoms with van der Waals surface area (Å²) in [5.74, 6) is 0.746. The van der Waals surface area contributed by atoms with Crippen molar-refractivity contribution >= 4 is 0 Å². The van der Waals surface area contributed by atoms with Gasteiger partial charge in [0.1, 0.15) is 0 Å². The summed E-state index contributed by atoms with van der Waals surface area (Å²) >= 11 is 0. The molecule has 3 aliphatic rings. The van der Waals surface area contributed by atoms with E-state index in [1.54, 1.807) is 0 Å². The van der Waals surface area contributed by atoms with E-state index in [0.29, 0.717) is 5.41 Å². The second-order valence-electron chi connectivity index (χ2n) is 4.54. The summed E-state index contributed by atoms with van der Waals surface area (Å²) in [5, 5.41) is 9.55. The highest BCUT2D eigenvalue weighted by atomic mass is 16.3. The molecule has 0 unspecified atom stereocenters. The van der Waals surface area contributed by atoms with Crippen LogP contribution < -0.4 is 0 Å². The molecule has 0 heterocycles. The Morgan fingerprint density at radius 1 is 1.45 bits per heavy atom. The molecule has 62 valence electrons. The largest absolute Gasteiger partial charge is 0.389 e. The predicted molar refractivity (Wildman–Crippen MR) is 45.2 cm³/mol. The molecule has 0 aromatic rings. The minimum absolute atomic E-state index is 0.128. The van der Waals surface area contributed by atoms with Gasteiger partial charge in [0.2, 0.25) is 0 Å². The summed E-state index contributed by atoms with van der Waals surface area (Å²) in [4.78, 5) is 0. The molecule has 2 bridgehead atoms. The molecule has 1 N–H and O–H groups in total.